The summed E-state index contributed by atoms with van der Waals surface area (Å²) in [7, 11) is 0. The van der Waals surface area contributed by atoms with Crippen molar-refractivity contribution < 1.29 is 0 Å². The first-order valence-electron chi connectivity index (χ1n) is 9.59. The van der Waals surface area contributed by atoms with Crippen molar-refractivity contribution in [3.63, 3.8) is 0 Å². The van der Waals surface area contributed by atoms with Gasteiger partial charge in [0.05, 0.1) is 0 Å². The molecule has 1 fully saturated rings. The maximum Gasteiger partial charge on any atom is 0.00392 e. The predicted molar refractivity (Wildman–Crippen MR) is 97.6 cm³/mol. The monoisotopic (exact) mass is 301 g/mol. The molecule has 124 valence electrons. The van der Waals surface area contributed by atoms with Crippen LogP contribution in [0, 0.1) is 0 Å². The summed E-state index contributed by atoms with van der Waals surface area (Å²) in [5.74, 6) is 0.759. The lowest BCUT2D eigenvalue weighted by Crippen LogP contribution is -2.26. The molecular formula is C21H35N. The van der Waals surface area contributed by atoms with Crippen molar-refractivity contribution in [2.24, 2.45) is 5.73 Å². The third-order valence-corrected chi connectivity index (χ3v) is 5.42. The second-order valence-corrected chi connectivity index (χ2v) is 7.10. The second kappa shape index (κ2) is 8.72. The van der Waals surface area contributed by atoms with Gasteiger partial charge in [0.2, 0.25) is 0 Å². The Bertz CT molecular complexity index is 430. The molecule has 1 aromatic carbocycles. The fraction of sp³-hybridized carbons (Fsp3) is 0.714. The summed E-state index contributed by atoms with van der Waals surface area (Å²) < 4.78 is 0. The summed E-state index contributed by atoms with van der Waals surface area (Å²) in [4.78, 5) is 0. The van der Waals surface area contributed by atoms with E-state index in [1.165, 1.54) is 64.2 Å². The Hall–Kier alpha value is -0.820. The van der Waals surface area contributed by atoms with Crippen LogP contribution in [0.4, 0.5) is 0 Å². The first-order chi connectivity index (χ1) is 10.7. The van der Waals surface area contributed by atoms with Crippen LogP contribution in [0.25, 0.3) is 0 Å². The maximum absolute atomic E-state index is 6.11. The highest BCUT2D eigenvalue weighted by molar-refractivity contribution is 5.42. The third kappa shape index (κ3) is 4.35. The van der Waals surface area contributed by atoms with E-state index in [0.29, 0.717) is 6.04 Å². The van der Waals surface area contributed by atoms with Crippen LogP contribution in [0.3, 0.4) is 0 Å². The minimum absolute atomic E-state index is 0.444. The molecule has 2 rings (SSSR count). The molecule has 22 heavy (non-hydrogen) atoms. The molecule has 0 atom stereocenters. The highest BCUT2D eigenvalue weighted by Gasteiger charge is 2.24. The highest BCUT2D eigenvalue weighted by atomic mass is 14.6. The van der Waals surface area contributed by atoms with Crippen LogP contribution in [0.1, 0.15) is 93.9 Å². The number of rotatable bonds is 7. The first kappa shape index (κ1) is 17.5. The molecule has 1 saturated carbocycles. The molecule has 0 saturated heterocycles. The van der Waals surface area contributed by atoms with Crippen molar-refractivity contribution in [3.8, 4) is 0 Å². The molecule has 0 bridgehead atoms. The molecule has 0 aromatic heterocycles. The van der Waals surface area contributed by atoms with Gasteiger partial charge >= 0.3 is 0 Å². The summed E-state index contributed by atoms with van der Waals surface area (Å²) in [6.45, 7) is 6.93. The summed E-state index contributed by atoms with van der Waals surface area (Å²) >= 11 is 0. The standard InChI is InChI=1S/C21H35N/c1-4-7-8-9-16-14-17(5-2)21(18(6-3)15-16)19-10-12-20(22)13-11-19/h14-15,19-20H,4-13,22H2,1-3H3. The Labute approximate surface area is 137 Å². The van der Waals surface area contributed by atoms with Gasteiger partial charge in [-0.2, -0.15) is 0 Å². The van der Waals surface area contributed by atoms with Gasteiger partial charge < -0.3 is 5.73 Å². The van der Waals surface area contributed by atoms with E-state index in [9.17, 15) is 0 Å². The summed E-state index contributed by atoms with van der Waals surface area (Å²) in [6, 6.07) is 5.47. The molecule has 0 radical (unpaired) electrons. The van der Waals surface area contributed by atoms with E-state index < -0.39 is 0 Å². The van der Waals surface area contributed by atoms with Crippen molar-refractivity contribution in [1.29, 1.82) is 0 Å². The van der Waals surface area contributed by atoms with Crippen LogP contribution in [-0.4, -0.2) is 6.04 Å². The van der Waals surface area contributed by atoms with E-state index in [1.54, 1.807) is 22.3 Å². The van der Waals surface area contributed by atoms with Gasteiger partial charge in [0, 0.05) is 6.04 Å². The van der Waals surface area contributed by atoms with E-state index in [2.05, 4.69) is 32.9 Å². The van der Waals surface area contributed by atoms with Crippen molar-refractivity contribution in [2.75, 3.05) is 0 Å². The summed E-state index contributed by atoms with van der Waals surface area (Å²) in [5.41, 5.74) is 12.6. The maximum atomic E-state index is 6.11. The van der Waals surface area contributed by atoms with Gasteiger partial charge in [-0.15, -0.1) is 0 Å². The van der Waals surface area contributed by atoms with Crippen LogP contribution in [0.2, 0.25) is 0 Å². The number of hydrogen-bond donors (Lipinski definition) is 1. The predicted octanol–water partition coefficient (Wildman–Crippen LogP) is 5.53. The summed E-state index contributed by atoms with van der Waals surface area (Å²) in [6.07, 6.45) is 12.6. The molecule has 0 spiro atoms. The molecule has 1 aromatic rings. The van der Waals surface area contributed by atoms with Crippen molar-refractivity contribution in [1.82, 2.24) is 0 Å². The Morgan fingerprint density at radius 2 is 1.50 bits per heavy atom. The van der Waals surface area contributed by atoms with Crippen LogP contribution < -0.4 is 5.73 Å². The number of benzene rings is 1. The lowest BCUT2D eigenvalue weighted by molar-refractivity contribution is 0.393. The van der Waals surface area contributed by atoms with Gasteiger partial charge in [0.15, 0.2) is 0 Å². The topological polar surface area (TPSA) is 26.0 Å². The molecule has 0 unspecified atom stereocenters. The smallest absolute Gasteiger partial charge is 0.00392 e. The number of nitrogens with two attached hydrogens (primary N) is 1. The number of unbranched alkanes of at least 4 members (excludes halogenated alkanes) is 2. The van der Waals surface area contributed by atoms with Crippen LogP contribution in [-0.2, 0) is 19.3 Å². The molecule has 1 nitrogen and oxygen atoms in total. The minimum Gasteiger partial charge on any atom is -0.328 e. The van der Waals surface area contributed by atoms with E-state index in [-0.39, 0.29) is 0 Å². The Morgan fingerprint density at radius 1 is 0.909 bits per heavy atom. The third-order valence-electron chi connectivity index (χ3n) is 5.42. The van der Waals surface area contributed by atoms with Crippen LogP contribution in [0.15, 0.2) is 12.1 Å². The van der Waals surface area contributed by atoms with E-state index in [1.807, 2.05) is 0 Å². The molecule has 0 heterocycles. The molecule has 2 N–H and O–H groups in total. The van der Waals surface area contributed by atoms with Gasteiger partial charge in [-0.1, -0.05) is 45.7 Å². The van der Waals surface area contributed by atoms with Crippen molar-refractivity contribution >= 4 is 0 Å². The molecular weight excluding hydrogens is 266 g/mol. The Balaban J connectivity index is 2.23. The van der Waals surface area contributed by atoms with E-state index in [0.717, 1.165) is 5.92 Å². The minimum atomic E-state index is 0.444. The van der Waals surface area contributed by atoms with Gasteiger partial charge in [-0.05, 0) is 79.5 Å². The Morgan fingerprint density at radius 3 is 2.00 bits per heavy atom. The molecule has 0 amide bonds. The van der Waals surface area contributed by atoms with Crippen LogP contribution >= 0.6 is 0 Å². The van der Waals surface area contributed by atoms with E-state index >= 15 is 0 Å². The molecule has 1 aliphatic rings. The average molecular weight is 302 g/mol. The SMILES string of the molecule is CCCCCc1cc(CC)c(C2CCC(N)CC2)c(CC)c1. The number of hydrogen-bond acceptors (Lipinski definition) is 1. The summed E-state index contributed by atoms with van der Waals surface area (Å²) in [5, 5.41) is 0. The van der Waals surface area contributed by atoms with Crippen LogP contribution in [0.5, 0.6) is 0 Å². The fourth-order valence-corrected chi connectivity index (χ4v) is 4.09. The normalized spacial score (nSPS) is 22.0. The lowest BCUT2D eigenvalue weighted by atomic mass is 9.77. The zero-order valence-corrected chi connectivity index (χ0v) is 15.0. The molecule has 0 aliphatic heterocycles. The number of aryl methyl sites for hydroxylation is 3. The van der Waals surface area contributed by atoms with Crippen molar-refractivity contribution in [3.05, 3.63) is 34.4 Å². The average Bonchev–Trinajstić information content (AvgIpc) is 2.55. The van der Waals surface area contributed by atoms with E-state index in [4.69, 9.17) is 5.73 Å². The highest BCUT2D eigenvalue weighted by Crippen LogP contribution is 2.37. The lowest BCUT2D eigenvalue weighted by Gasteiger charge is -2.30. The quantitative estimate of drug-likeness (QED) is 0.658. The second-order valence-electron chi connectivity index (χ2n) is 7.10. The van der Waals surface area contributed by atoms with Gasteiger partial charge in [-0.3, -0.25) is 0 Å². The largest absolute Gasteiger partial charge is 0.328 e. The van der Waals surface area contributed by atoms with Gasteiger partial charge in [0.25, 0.3) is 0 Å². The fourth-order valence-electron chi connectivity index (χ4n) is 4.09. The van der Waals surface area contributed by atoms with Gasteiger partial charge in [-0.25, -0.2) is 0 Å². The van der Waals surface area contributed by atoms with Crippen molar-refractivity contribution in [2.45, 2.75) is 96.9 Å². The van der Waals surface area contributed by atoms with Gasteiger partial charge in [0.1, 0.15) is 0 Å². The zero-order valence-electron chi connectivity index (χ0n) is 15.0. The molecule has 1 heteroatoms. The zero-order chi connectivity index (χ0) is 15.9. The first-order valence-corrected chi connectivity index (χ1v) is 9.59. The molecule has 1 aliphatic carbocycles. The Kier molecular flexibility index (Phi) is 6.95.